The molecule has 2 aromatic rings. The molecule has 0 aromatic heterocycles. The van der Waals surface area contributed by atoms with Crippen LogP contribution in [-0.4, -0.2) is 8.42 Å². The Morgan fingerprint density at radius 3 is 2.48 bits per heavy atom. The lowest BCUT2D eigenvalue weighted by atomic mass is 10.1. The first kappa shape index (κ1) is 15.6. The van der Waals surface area contributed by atoms with Crippen LogP contribution in [-0.2, 0) is 16.3 Å². The Kier molecular flexibility index (Phi) is 3.88. The van der Waals surface area contributed by atoms with Gasteiger partial charge in [-0.25, -0.2) is 8.42 Å². The summed E-state index contributed by atoms with van der Waals surface area (Å²) in [6, 6.07) is 14.0. The Balaban J connectivity index is 2.24. The monoisotopic (exact) mass is 344 g/mol. The lowest BCUT2D eigenvalue weighted by molar-refractivity contribution is 0.602. The van der Waals surface area contributed by atoms with Crippen LogP contribution in [0.2, 0.25) is 5.02 Å². The summed E-state index contributed by atoms with van der Waals surface area (Å²) in [4.78, 5) is 1.48. The number of hydrogen-bond donors (Lipinski definition) is 0. The Labute approximate surface area is 140 Å². The molecule has 0 amide bonds. The molecule has 0 atom stereocenters. The first-order valence-electron chi connectivity index (χ1n) is 7.02. The number of benzene rings is 2. The van der Waals surface area contributed by atoms with E-state index in [-0.39, 0.29) is 9.80 Å². The van der Waals surface area contributed by atoms with Crippen LogP contribution in [0.5, 0.6) is 0 Å². The molecular weight excluding hydrogens is 332 g/mol. The van der Waals surface area contributed by atoms with Crippen LogP contribution in [0.3, 0.4) is 0 Å². The standard InChI is InChI=1S/C17H13ClN2O2S/c1-2-12-3-6-14(7-4-12)20-11-15(10-19)23(21,22)17-8-5-13(18)9-16(17)20/h3-9,11H,2H2,1H3. The highest BCUT2D eigenvalue weighted by atomic mass is 35.5. The number of fused-ring (bicyclic) bond motifs is 1. The van der Waals surface area contributed by atoms with E-state index in [0.29, 0.717) is 10.7 Å². The maximum atomic E-state index is 12.5. The van der Waals surface area contributed by atoms with E-state index in [9.17, 15) is 13.7 Å². The fraction of sp³-hybridized carbons (Fsp3) is 0.118. The average molecular weight is 345 g/mol. The van der Waals surface area contributed by atoms with Crippen LogP contribution in [0.15, 0.2) is 58.5 Å². The van der Waals surface area contributed by atoms with Crippen molar-refractivity contribution >= 4 is 32.8 Å². The van der Waals surface area contributed by atoms with Crippen molar-refractivity contribution in [3.63, 3.8) is 0 Å². The number of anilines is 2. The van der Waals surface area contributed by atoms with Gasteiger partial charge in [-0.2, -0.15) is 5.26 Å². The zero-order valence-electron chi connectivity index (χ0n) is 12.3. The lowest BCUT2D eigenvalue weighted by Crippen LogP contribution is -2.21. The third-order valence-corrected chi connectivity index (χ3v) is 5.67. The number of aryl methyl sites for hydroxylation is 1. The van der Waals surface area contributed by atoms with Crippen molar-refractivity contribution in [3.05, 3.63) is 64.2 Å². The molecule has 1 aliphatic heterocycles. The van der Waals surface area contributed by atoms with Gasteiger partial charge in [0.05, 0.1) is 10.6 Å². The molecule has 1 aliphatic rings. The SMILES string of the molecule is CCc1ccc(N2C=C(C#N)S(=O)(=O)c3ccc(Cl)cc32)cc1. The summed E-state index contributed by atoms with van der Waals surface area (Å²) < 4.78 is 24.9. The van der Waals surface area contributed by atoms with Gasteiger partial charge in [0.1, 0.15) is 6.07 Å². The number of allylic oxidation sites excluding steroid dienone is 1. The second-order valence-electron chi connectivity index (χ2n) is 5.11. The zero-order valence-corrected chi connectivity index (χ0v) is 13.9. The Morgan fingerprint density at radius 1 is 1.17 bits per heavy atom. The molecule has 6 heteroatoms. The lowest BCUT2D eigenvalue weighted by Gasteiger charge is -2.27. The molecule has 0 fully saturated rings. The summed E-state index contributed by atoms with van der Waals surface area (Å²) in [5.74, 6) is 0. The minimum absolute atomic E-state index is 0.0838. The predicted molar refractivity (Wildman–Crippen MR) is 90.3 cm³/mol. The van der Waals surface area contributed by atoms with Crippen molar-refractivity contribution in [2.24, 2.45) is 0 Å². The van der Waals surface area contributed by atoms with E-state index >= 15 is 0 Å². The van der Waals surface area contributed by atoms with Gasteiger partial charge in [-0.3, -0.25) is 0 Å². The number of hydrogen-bond acceptors (Lipinski definition) is 4. The number of halogens is 1. The normalized spacial score (nSPS) is 15.5. The predicted octanol–water partition coefficient (Wildman–Crippen LogP) is 4.19. The van der Waals surface area contributed by atoms with Crippen molar-refractivity contribution in [2.45, 2.75) is 18.2 Å². The smallest absolute Gasteiger partial charge is 0.220 e. The summed E-state index contributed by atoms with van der Waals surface area (Å²) in [5.41, 5.74) is 2.39. The Hall–Kier alpha value is -2.29. The number of nitrogens with zero attached hydrogens (tertiary/aromatic N) is 2. The third kappa shape index (κ3) is 2.61. The van der Waals surface area contributed by atoms with Crippen molar-refractivity contribution in [3.8, 4) is 6.07 Å². The molecule has 116 valence electrons. The first-order chi connectivity index (χ1) is 11.0. The zero-order chi connectivity index (χ0) is 16.6. The molecule has 0 saturated carbocycles. The molecule has 1 heterocycles. The van der Waals surface area contributed by atoms with E-state index < -0.39 is 9.84 Å². The number of nitriles is 1. The van der Waals surface area contributed by atoms with Gasteiger partial charge in [-0.15, -0.1) is 0 Å². The molecule has 4 nitrogen and oxygen atoms in total. The highest BCUT2D eigenvalue weighted by Crippen LogP contribution is 2.40. The summed E-state index contributed by atoms with van der Waals surface area (Å²) in [7, 11) is -3.80. The summed E-state index contributed by atoms with van der Waals surface area (Å²) >= 11 is 6.03. The van der Waals surface area contributed by atoms with Gasteiger partial charge in [-0.1, -0.05) is 30.7 Å². The van der Waals surface area contributed by atoms with Crippen LogP contribution in [0.25, 0.3) is 0 Å². The van der Waals surface area contributed by atoms with Crippen LogP contribution in [0.4, 0.5) is 11.4 Å². The fourth-order valence-corrected chi connectivity index (χ4v) is 3.92. The second-order valence-corrected chi connectivity index (χ2v) is 7.43. The average Bonchev–Trinajstić information content (AvgIpc) is 2.55. The molecule has 0 unspecified atom stereocenters. The van der Waals surface area contributed by atoms with Crippen molar-refractivity contribution < 1.29 is 8.42 Å². The third-order valence-electron chi connectivity index (χ3n) is 3.74. The largest absolute Gasteiger partial charge is 0.314 e. The molecule has 3 rings (SSSR count). The van der Waals surface area contributed by atoms with Crippen molar-refractivity contribution in [1.29, 1.82) is 5.26 Å². The molecule has 0 N–H and O–H groups in total. The number of sulfone groups is 1. The van der Waals surface area contributed by atoms with Crippen LogP contribution < -0.4 is 4.90 Å². The van der Waals surface area contributed by atoms with E-state index in [1.54, 1.807) is 17.0 Å². The van der Waals surface area contributed by atoms with Crippen LogP contribution in [0, 0.1) is 11.3 Å². The first-order valence-corrected chi connectivity index (χ1v) is 8.88. The van der Waals surface area contributed by atoms with E-state index in [1.165, 1.54) is 23.9 Å². The van der Waals surface area contributed by atoms with E-state index in [1.807, 2.05) is 24.3 Å². The molecule has 0 bridgehead atoms. The number of rotatable bonds is 2. The maximum Gasteiger partial charge on any atom is 0.220 e. The quantitative estimate of drug-likeness (QED) is 0.819. The highest BCUT2D eigenvalue weighted by molar-refractivity contribution is 7.95. The van der Waals surface area contributed by atoms with E-state index in [4.69, 9.17) is 11.6 Å². The highest BCUT2D eigenvalue weighted by Gasteiger charge is 2.32. The molecular formula is C17H13ClN2O2S. The fourth-order valence-electron chi connectivity index (χ4n) is 2.48. The summed E-state index contributed by atoms with van der Waals surface area (Å²) in [6.45, 7) is 2.06. The van der Waals surface area contributed by atoms with Gasteiger partial charge in [-0.05, 0) is 42.3 Å². The summed E-state index contributed by atoms with van der Waals surface area (Å²) in [6.07, 6.45) is 2.26. The molecule has 0 spiro atoms. The van der Waals surface area contributed by atoms with Gasteiger partial charge in [0.15, 0.2) is 4.91 Å². The molecule has 2 aromatic carbocycles. The molecule has 0 saturated heterocycles. The topological polar surface area (TPSA) is 61.2 Å². The van der Waals surface area contributed by atoms with Crippen molar-refractivity contribution in [1.82, 2.24) is 0 Å². The van der Waals surface area contributed by atoms with Gasteiger partial charge in [0.25, 0.3) is 0 Å². The van der Waals surface area contributed by atoms with Gasteiger partial charge in [0.2, 0.25) is 9.84 Å². The van der Waals surface area contributed by atoms with Crippen molar-refractivity contribution in [2.75, 3.05) is 4.90 Å². The second kappa shape index (κ2) is 5.73. The molecule has 0 radical (unpaired) electrons. The summed E-state index contributed by atoms with van der Waals surface area (Å²) in [5, 5.41) is 9.64. The van der Waals surface area contributed by atoms with Gasteiger partial charge < -0.3 is 4.90 Å². The Morgan fingerprint density at radius 2 is 1.87 bits per heavy atom. The maximum absolute atomic E-state index is 12.5. The molecule has 0 aliphatic carbocycles. The minimum Gasteiger partial charge on any atom is -0.314 e. The van der Waals surface area contributed by atoms with Gasteiger partial charge >= 0.3 is 0 Å². The minimum atomic E-state index is -3.80. The van der Waals surface area contributed by atoms with E-state index in [0.717, 1.165) is 12.1 Å². The van der Waals surface area contributed by atoms with Crippen LogP contribution in [0.1, 0.15) is 12.5 Å². The Bertz CT molecular complexity index is 942. The van der Waals surface area contributed by atoms with Crippen LogP contribution >= 0.6 is 11.6 Å². The van der Waals surface area contributed by atoms with Gasteiger partial charge in [0, 0.05) is 16.9 Å². The molecule has 23 heavy (non-hydrogen) atoms. The van der Waals surface area contributed by atoms with E-state index in [2.05, 4.69) is 6.92 Å².